The molecule has 0 heterocycles. The van der Waals surface area contributed by atoms with Gasteiger partial charge in [-0.2, -0.15) is 0 Å². The number of aliphatic hydroxyl groups is 2. The lowest BCUT2D eigenvalue weighted by atomic mass is 9.67. The molecule has 5 unspecified atom stereocenters. The lowest BCUT2D eigenvalue weighted by Crippen LogP contribution is -2.62. The van der Waals surface area contributed by atoms with Crippen LogP contribution in [0, 0.1) is 5.92 Å². The van der Waals surface area contributed by atoms with Crippen LogP contribution >= 0.6 is 11.6 Å². The Balaban J connectivity index is 1.85. The van der Waals surface area contributed by atoms with Crippen LogP contribution in [0.4, 0.5) is 0 Å². The fraction of sp³-hybridized carbons (Fsp3) is 0.435. The SMILES string of the molecule is COC1CC(OC)C(O)(c2ccccc2)C(O)C1C(=O)CCc1ccc(Cl)cc1. The number of benzene rings is 2. The van der Waals surface area contributed by atoms with Crippen molar-refractivity contribution in [1.29, 1.82) is 0 Å². The van der Waals surface area contributed by atoms with Gasteiger partial charge >= 0.3 is 0 Å². The van der Waals surface area contributed by atoms with E-state index in [-0.39, 0.29) is 12.2 Å². The third-order valence-corrected chi connectivity index (χ3v) is 6.15. The molecule has 0 radical (unpaired) electrons. The highest BCUT2D eigenvalue weighted by Gasteiger charge is 2.57. The van der Waals surface area contributed by atoms with Gasteiger partial charge in [-0.15, -0.1) is 0 Å². The fourth-order valence-electron chi connectivity index (χ4n) is 4.25. The molecule has 0 amide bonds. The standard InChI is InChI=1S/C23H27ClO5/c1-28-19-14-20(29-2)23(27,16-6-4-3-5-7-16)22(26)21(19)18(25)13-10-15-8-11-17(24)12-9-15/h3-9,11-12,19-22,26-27H,10,13-14H2,1-2H3. The number of carbonyl (C=O) groups is 1. The summed E-state index contributed by atoms with van der Waals surface area (Å²) in [7, 11) is 3.00. The number of Topliss-reactive ketones (excluding diaryl/α,β-unsaturated/α-hetero) is 1. The lowest BCUT2D eigenvalue weighted by molar-refractivity contribution is -0.228. The van der Waals surface area contributed by atoms with Gasteiger partial charge in [0, 0.05) is 32.1 Å². The van der Waals surface area contributed by atoms with Gasteiger partial charge in [0.2, 0.25) is 0 Å². The Kier molecular flexibility index (Phi) is 7.09. The molecule has 2 N–H and O–H groups in total. The van der Waals surface area contributed by atoms with Crippen molar-refractivity contribution in [2.24, 2.45) is 5.92 Å². The zero-order valence-corrected chi connectivity index (χ0v) is 17.4. The van der Waals surface area contributed by atoms with E-state index >= 15 is 0 Å². The number of carbonyl (C=O) groups excluding carboxylic acids is 1. The highest BCUT2D eigenvalue weighted by molar-refractivity contribution is 6.30. The summed E-state index contributed by atoms with van der Waals surface area (Å²) in [6.45, 7) is 0. The van der Waals surface area contributed by atoms with Gasteiger partial charge in [0.05, 0.1) is 18.1 Å². The summed E-state index contributed by atoms with van der Waals surface area (Å²) in [5, 5.41) is 23.4. The molecule has 0 spiro atoms. The van der Waals surface area contributed by atoms with Crippen molar-refractivity contribution in [1.82, 2.24) is 0 Å². The molecule has 0 aliphatic heterocycles. The number of ketones is 1. The first-order valence-electron chi connectivity index (χ1n) is 9.70. The molecular weight excluding hydrogens is 392 g/mol. The van der Waals surface area contributed by atoms with E-state index in [0.29, 0.717) is 23.4 Å². The maximum absolute atomic E-state index is 13.1. The fourth-order valence-corrected chi connectivity index (χ4v) is 4.38. The number of aryl methyl sites for hydroxylation is 1. The topological polar surface area (TPSA) is 76.0 Å². The maximum Gasteiger partial charge on any atom is 0.142 e. The van der Waals surface area contributed by atoms with Crippen LogP contribution in [0.15, 0.2) is 54.6 Å². The number of ether oxygens (including phenoxy) is 2. The predicted molar refractivity (Wildman–Crippen MR) is 111 cm³/mol. The molecule has 0 aromatic heterocycles. The Morgan fingerprint density at radius 3 is 2.34 bits per heavy atom. The molecule has 1 aliphatic rings. The van der Waals surface area contributed by atoms with Crippen LogP contribution in [-0.4, -0.2) is 48.5 Å². The Bertz CT molecular complexity index is 810. The molecule has 5 atom stereocenters. The average Bonchev–Trinajstić information content (AvgIpc) is 2.75. The minimum absolute atomic E-state index is 0.150. The summed E-state index contributed by atoms with van der Waals surface area (Å²) in [5.41, 5.74) is -0.203. The Morgan fingerprint density at radius 2 is 1.76 bits per heavy atom. The predicted octanol–water partition coefficient (Wildman–Crippen LogP) is 3.14. The molecular formula is C23H27ClO5. The largest absolute Gasteiger partial charge is 0.389 e. The van der Waals surface area contributed by atoms with Gasteiger partial charge in [-0.1, -0.05) is 54.1 Å². The number of aliphatic hydroxyl groups excluding tert-OH is 1. The van der Waals surface area contributed by atoms with Crippen molar-refractivity contribution in [3.05, 3.63) is 70.7 Å². The molecule has 0 saturated heterocycles. The molecule has 2 aromatic rings. The molecule has 2 aromatic carbocycles. The summed E-state index contributed by atoms with van der Waals surface area (Å²) in [6, 6.07) is 16.2. The number of hydrogen-bond donors (Lipinski definition) is 2. The minimum atomic E-state index is -1.70. The maximum atomic E-state index is 13.1. The zero-order chi connectivity index (χ0) is 21.0. The summed E-state index contributed by atoms with van der Waals surface area (Å²) < 4.78 is 11.1. The minimum Gasteiger partial charge on any atom is -0.389 e. The van der Waals surface area contributed by atoms with Gasteiger partial charge in [-0.05, 0) is 29.7 Å². The molecule has 29 heavy (non-hydrogen) atoms. The Labute approximate surface area is 176 Å². The van der Waals surface area contributed by atoms with E-state index < -0.39 is 29.8 Å². The van der Waals surface area contributed by atoms with Gasteiger partial charge in [0.25, 0.3) is 0 Å². The second-order valence-electron chi connectivity index (χ2n) is 7.49. The van der Waals surface area contributed by atoms with Crippen LogP contribution in [0.5, 0.6) is 0 Å². The van der Waals surface area contributed by atoms with E-state index in [2.05, 4.69) is 0 Å². The smallest absolute Gasteiger partial charge is 0.142 e. The van der Waals surface area contributed by atoms with Crippen LogP contribution in [-0.2, 0) is 26.3 Å². The Hall–Kier alpha value is -1.76. The van der Waals surface area contributed by atoms with Gasteiger partial charge in [-0.3, -0.25) is 4.79 Å². The van der Waals surface area contributed by atoms with Gasteiger partial charge < -0.3 is 19.7 Å². The highest BCUT2D eigenvalue weighted by Crippen LogP contribution is 2.43. The summed E-state index contributed by atoms with van der Waals surface area (Å²) in [6.07, 6.45) is -1.56. The second-order valence-corrected chi connectivity index (χ2v) is 7.93. The highest BCUT2D eigenvalue weighted by atomic mass is 35.5. The lowest BCUT2D eigenvalue weighted by Gasteiger charge is -2.49. The number of methoxy groups -OCH3 is 2. The van der Waals surface area contributed by atoms with Gasteiger partial charge in [-0.25, -0.2) is 0 Å². The first kappa shape index (κ1) is 21.9. The normalized spacial score (nSPS) is 29.6. The molecule has 5 nitrogen and oxygen atoms in total. The van der Waals surface area contributed by atoms with Crippen LogP contribution in [0.2, 0.25) is 5.02 Å². The van der Waals surface area contributed by atoms with Crippen LogP contribution in [0.25, 0.3) is 0 Å². The van der Waals surface area contributed by atoms with Crippen LogP contribution in [0.1, 0.15) is 24.0 Å². The molecule has 3 rings (SSSR count). The van der Waals surface area contributed by atoms with E-state index in [4.69, 9.17) is 21.1 Å². The van der Waals surface area contributed by atoms with E-state index in [0.717, 1.165) is 5.56 Å². The average molecular weight is 419 g/mol. The molecule has 1 aliphatic carbocycles. The van der Waals surface area contributed by atoms with Crippen LogP contribution in [0.3, 0.4) is 0 Å². The summed E-state index contributed by atoms with van der Waals surface area (Å²) >= 11 is 5.91. The summed E-state index contributed by atoms with van der Waals surface area (Å²) in [5.74, 6) is -1.01. The van der Waals surface area contributed by atoms with Gasteiger partial charge in [0.1, 0.15) is 17.5 Å². The van der Waals surface area contributed by atoms with Crippen molar-refractivity contribution in [3.63, 3.8) is 0 Å². The molecule has 0 bridgehead atoms. The first-order chi connectivity index (χ1) is 13.9. The molecule has 156 valence electrons. The van der Waals surface area contributed by atoms with E-state index in [1.807, 2.05) is 18.2 Å². The quantitative estimate of drug-likeness (QED) is 0.722. The van der Waals surface area contributed by atoms with Gasteiger partial charge in [0.15, 0.2) is 0 Å². The molecule has 1 fully saturated rings. The third kappa shape index (κ3) is 4.39. The van der Waals surface area contributed by atoms with E-state index in [1.165, 1.54) is 14.2 Å². The van der Waals surface area contributed by atoms with E-state index in [9.17, 15) is 15.0 Å². The number of halogens is 1. The number of hydrogen-bond acceptors (Lipinski definition) is 5. The third-order valence-electron chi connectivity index (χ3n) is 5.90. The molecule has 6 heteroatoms. The van der Waals surface area contributed by atoms with E-state index in [1.54, 1.807) is 36.4 Å². The monoisotopic (exact) mass is 418 g/mol. The summed E-state index contributed by atoms with van der Waals surface area (Å²) in [4.78, 5) is 13.1. The van der Waals surface area contributed by atoms with Crippen molar-refractivity contribution < 1.29 is 24.5 Å². The second kappa shape index (κ2) is 9.37. The van der Waals surface area contributed by atoms with Crippen molar-refractivity contribution in [3.8, 4) is 0 Å². The van der Waals surface area contributed by atoms with Crippen molar-refractivity contribution >= 4 is 17.4 Å². The molecule has 1 saturated carbocycles. The number of rotatable bonds is 7. The van der Waals surface area contributed by atoms with Crippen molar-refractivity contribution in [2.45, 2.75) is 43.2 Å². The Morgan fingerprint density at radius 1 is 1.10 bits per heavy atom. The van der Waals surface area contributed by atoms with Crippen LogP contribution < -0.4 is 0 Å². The first-order valence-corrected chi connectivity index (χ1v) is 10.1. The van der Waals surface area contributed by atoms with Crippen molar-refractivity contribution in [2.75, 3.05) is 14.2 Å². The zero-order valence-electron chi connectivity index (χ0n) is 16.6.